The molecule has 1 aromatic heterocycles. The number of aromatic nitrogens is 1. The standard InChI is InChI=1S/C13H8N2O2/c14-8-11-4-2-6-15-13(11)17-12-5-1-3-10(7-12)9-16/h1-7,9H. The first-order valence-corrected chi connectivity index (χ1v) is 4.91. The van der Waals surface area contributed by atoms with Crippen LogP contribution in [0.2, 0.25) is 0 Å². The van der Waals surface area contributed by atoms with Crippen molar-refractivity contribution in [2.75, 3.05) is 0 Å². The minimum atomic E-state index is 0.234. The van der Waals surface area contributed by atoms with Crippen molar-refractivity contribution in [2.24, 2.45) is 0 Å². The second-order valence-electron chi connectivity index (χ2n) is 3.26. The lowest BCUT2D eigenvalue weighted by Crippen LogP contribution is -1.91. The van der Waals surface area contributed by atoms with Gasteiger partial charge in [0, 0.05) is 11.8 Å². The van der Waals surface area contributed by atoms with E-state index in [1.165, 1.54) is 0 Å². The first kappa shape index (κ1) is 10.8. The number of nitrogens with zero attached hydrogens (tertiary/aromatic N) is 2. The first-order chi connectivity index (χ1) is 8.33. The summed E-state index contributed by atoms with van der Waals surface area (Å²) in [6.07, 6.45) is 2.27. The fourth-order valence-corrected chi connectivity index (χ4v) is 1.32. The van der Waals surface area contributed by atoms with Crippen LogP contribution in [0, 0.1) is 11.3 Å². The van der Waals surface area contributed by atoms with Gasteiger partial charge in [-0.15, -0.1) is 0 Å². The number of rotatable bonds is 3. The van der Waals surface area contributed by atoms with Gasteiger partial charge >= 0.3 is 0 Å². The summed E-state index contributed by atoms with van der Waals surface area (Å²) in [6.45, 7) is 0. The van der Waals surface area contributed by atoms with E-state index in [9.17, 15) is 4.79 Å². The highest BCUT2D eigenvalue weighted by Crippen LogP contribution is 2.22. The second kappa shape index (κ2) is 4.90. The third kappa shape index (κ3) is 2.47. The van der Waals surface area contributed by atoms with Crippen LogP contribution in [0.1, 0.15) is 15.9 Å². The van der Waals surface area contributed by atoms with Crippen LogP contribution < -0.4 is 4.74 Å². The maximum absolute atomic E-state index is 10.6. The molecule has 0 saturated heterocycles. The summed E-state index contributed by atoms with van der Waals surface area (Å²) in [4.78, 5) is 14.6. The van der Waals surface area contributed by atoms with Crippen LogP contribution in [0.15, 0.2) is 42.6 Å². The van der Waals surface area contributed by atoms with E-state index in [1.54, 1.807) is 42.6 Å². The average molecular weight is 224 g/mol. The zero-order valence-electron chi connectivity index (χ0n) is 8.83. The molecule has 0 unspecified atom stereocenters. The maximum atomic E-state index is 10.6. The number of hydrogen-bond donors (Lipinski definition) is 0. The van der Waals surface area contributed by atoms with Crippen LogP contribution in [0.5, 0.6) is 11.6 Å². The fraction of sp³-hybridized carbons (Fsp3) is 0. The number of pyridine rings is 1. The summed E-state index contributed by atoms with van der Waals surface area (Å²) in [5.41, 5.74) is 0.862. The monoisotopic (exact) mass is 224 g/mol. The zero-order chi connectivity index (χ0) is 12.1. The molecule has 0 atom stereocenters. The Hall–Kier alpha value is -2.67. The Morgan fingerprint density at radius 3 is 2.94 bits per heavy atom. The van der Waals surface area contributed by atoms with Gasteiger partial charge in [-0.25, -0.2) is 4.98 Å². The Kier molecular flexibility index (Phi) is 3.13. The van der Waals surface area contributed by atoms with Crippen molar-refractivity contribution in [3.8, 4) is 17.7 Å². The third-order valence-corrected chi connectivity index (χ3v) is 2.10. The topological polar surface area (TPSA) is 63.0 Å². The van der Waals surface area contributed by atoms with Crippen molar-refractivity contribution < 1.29 is 9.53 Å². The predicted octanol–water partition coefficient (Wildman–Crippen LogP) is 2.56. The van der Waals surface area contributed by atoms with E-state index < -0.39 is 0 Å². The highest BCUT2D eigenvalue weighted by atomic mass is 16.5. The van der Waals surface area contributed by atoms with Crippen molar-refractivity contribution in [1.82, 2.24) is 4.98 Å². The lowest BCUT2D eigenvalue weighted by atomic mass is 10.2. The van der Waals surface area contributed by atoms with Gasteiger partial charge in [0.1, 0.15) is 23.7 Å². The molecule has 0 aliphatic heterocycles. The fourth-order valence-electron chi connectivity index (χ4n) is 1.32. The molecule has 1 aromatic carbocycles. The Labute approximate surface area is 98.1 Å². The lowest BCUT2D eigenvalue weighted by Gasteiger charge is -2.05. The molecule has 4 heteroatoms. The van der Waals surface area contributed by atoms with Gasteiger partial charge in [0.25, 0.3) is 0 Å². The van der Waals surface area contributed by atoms with Crippen LogP contribution in [-0.4, -0.2) is 11.3 Å². The van der Waals surface area contributed by atoms with Crippen LogP contribution in [-0.2, 0) is 0 Å². The summed E-state index contributed by atoms with van der Waals surface area (Å²) in [5.74, 6) is 0.711. The van der Waals surface area contributed by atoms with Gasteiger partial charge < -0.3 is 4.74 Å². The van der Waals surface area contributed by atoms with E-state index in [4.69, 9.17) is 10.00 Å². The molecule has 0 bridgehead atoms. The lowest BCUT2D eigenvalue weighted by molar-refractivity contribution is 0.112. The number of benzene rings is 1. The van der Waals surface area contributed by atoms with Crippen LogP contribution in [0.3, 0.4) is 0 Å². The molecule has 0 N–H and O–H groups in total. The van der Waals surface area contributed by atoms with Crippen LogP contribution in [0.25, 0.3) is 0 Å². The Morgan fingerprint density at radius 2 is 2.18 bits per heavy atom. The van der Waals surface area contributed by atoms with Crippen LogP contribution in [0.4, 0.5) is 0 Å². The molecule has 0 radical (unpaired) electrons. The smallest absolute Gasteiger partial charge is 0.237 e. The summed E-state index contributed by atoms with van der Waals surface area (Å²) in [7, 11) is 0. The highest BCUT2D eigenvalue weighted by molar-refractivity contribution is 5.75. The molecular weight excluding hydrogens is 216 g/mol. The van der Waals surface area contributed by atoms with E-state index >= 15 is 0 Å². The van der Waals surface area contributed by atoms with Gasteiger partial charge in [0.2, 0.25) is 5.88 Å². The minimum absolute atomic E-state index is 0.234. The van der Waals surface area contributed by atoms with E-state index in [0.717, 1.165) is 6.29 Å². The number of carbonyl (C=O) groups is 1. The number of nitriles is 1. The Balaban J connectivity index is 2.31. The number of aldehydes is 1. The molecule has 0 aliphatic rings. The second-order valence-corrected chi connectivity index (χ2v) is 3.26. The molecule has 82 valence electrons. The molecular formula is C13H8N2O2. The van der Waals surface area contributed by atoms with Crippen LogP contribution >= 0.6 is 0 Å². The molecule has 0 spiro atoms. The first-order valence-electron chi connectivity index (χ1n) is 4.91. The number of ether oxygens (including phenoxy) is 1. The largest absolute Gasteiger partial charge is 0.438 e. The molecule has 4 nitrogen and oxygen atoms in total. The molecule has 1 heterocycles. The summed E-state index contributed by atoms with van der Waals surface area (Å²) < 4.78 is 5.45. The van der Waals surface area contributed by atoms with Gasteiger partial charge in [-0.2, -0.15) is 5.26 Å². The molecule has 0 aliphatic carbocycles. The minimum Gasteiger partial charge on any atom is -0.438 e. The maximum Gasteiger partial charge on any atom is 0.237 e. The van der Waals surface area contributed by atoms with Gasteiger partial charge in [-0.05, 0) is 24.3 Å². The van der Waals surface area contributed by atoms with Crippen molar-refractivity contribution in [3.05, 3.63) is 53.7 Å². The molecule has 0 saturated carbocycles. The molecule has 2 aromatic rings. The van der Waals surface area contributed by atoms with Crippen molar-refractivity contribution in [3.63, 3.8) is 0 Å². The van der Waals surface area contributed by atoms with E-state index in [-0.39, 0.29) is 5.88 Å². The van der Waals surface area contributed by atoms with E-state index in [0.29, 0.717) is 16.9 Å². The predicted molar refractivity (Wildman–Crippen MR) is 60.9 cm³/mol. The molecule has 0 fully saturated rings. The highest BCUT2D eigenvalue weighted by Gasteiger charge is 2.05. The van der Waals surface area contributed by atoms with Crippen molar-refractivity contribution in [2.45, 2.75) is 0 Å². The zero-order valence-corrected chi connectivity index (χ0v) is 8.83. The normalized spacial score (nSPS) is 9.35. The van der Waals surface area contributed by atoms with Gasteiger partial charge in [0.05, 0.1) is 0 Å². The Morgan fingerprint density at radius 1 is 1.29 bits per heavy atom. The average Bonchev–Trinajstić information content (AvgIpc) is 2.39. The summed E-state index contributed by atoms with van der Waals surface area (Å²) in [6, 6.07) is 11.9. The molecule has 2 rings (SSSR count). The number of carbonyl (C=O) groups excluding carboxylic acids is 1. The van der Waals surface area contributed by atoms with Crippen molar-refractivity contribution in [1.29, 1.82) is 5.26 Å². The van der Waals surface area contributed by atoms with E-state index in [1.807, 2.05) is 6.07 Å². The summed E-state index contributed by atoms with van der Waals surface area (Å²) >= 11 is 0. The van der Waals surface area contributed by atoms with Gasteiger partial charge in [-0.3, -0.25) is 4.79 Å². The number of hydrogen-bond acceptors (Lipinski definition) is 4. The van der Waals surface area contributed by atoms with Crippen molar-refractivity contribution >= 4 is 6.29 Å². The molecule has 0 amide bonds. The van der Waals surface area contributed by atoms with E-state index in [2.05, 4.69) is 4.98 Å². The quantitative estimate of drug-likeness (QED) is 0.751. The Bertz CT molecular complexity index is 588. The SMILES string of the molecule is N#Cc1cccnc1Oc1cccc(C=O)c1. The molecule has 17 heavy (non-hydrogen) atoms. The van der Waals surface area contributed by atoms with Gasteiger partial charge in [-0.1, -0.05) is 12.1 Å². The third-order valence-electron chi connectivity index (χ3n) is 2.10. The summed E-state index contributed by atoms with van der Waals surface area (Å²) in [5, 5.41) is 8.87. The van der Waals surface area contributed by atoms with Gasteiger partial charge in [0.15, 0.2) is 0 Å².